The van der Waals surface area contributed by atoms with E-state index in [1.54, 1.807) is 6.92 Å². The molecule has 0 aromatic heterocycles. The molecule has 0 spiro atoms. The van der Waals surface area contributed by atoms with Gasteiger partial charge in [0.05, 0.1) is 12.7 Å². The number of allylic oxidation sites excluding steroid dienone is 1. The highest BCUT2D eigenvalue weighted by atomic mass is 28.4. The molecule has 2 atom stereocenters. The van der Waals surface area contributed by atoms with Crippen molar-refractivity contribution in [2.45, 2.75) is 123 Å². The molecule has 0 fully saturated rings. The Morgan fingerprint density at radius 3 is 2.07 bits per heavy atom. The summed E-state index contributed by atoms with van der Waals surface area (Å²) >= 11 is 0. The van der Waals surface area contributed by atoms with Crippen molar-refractivity contribution in [1.82, 2.24) is 0 Å². The Bertz CT molecular complexity index is 506. The molecular weight excluding hydrogens is 392 g/mol. The average Bonchev–Trinajstić information content (AvgIpc) is 2.65. The number of aliphatic hydroxyl groups is 1. The first-order valence-corrected chi connectivity index (χ1v) is 14.8. The van der Waals surface area contributed by atoms with Crippen LogP contribution in [0, 0.1) is 0 Å². The number of esters is 1. The zero-order valence-corrected chi connectivity index (χ0v) is 21.7. The predicted octanol–water partition coefficient (Wildman–Crippen LogP) is 6.94. The van der Waals surface area contributed by atoms with Crippen LogP contribution >= 0.6 is 0 Å². The molecule has 0 rings (SSSR count). The van der Waals surface area contributed by atoms with Gasteiger partial charge in [-0.15, -0.1) is 0 Å². The summed E-state index contributed by atoms with van der Waals surface area (Å²) in [5.74, 6) is -0.439. The van der Waals surface area contributed by atoms with Gasteiger partial charge in [-0.05, 0) is 44.0 Å². The summed E-state index contributed by atoms with van der Waals surface area (Å²) in [7, 11) is -2.06. The van der Waals surface area contributed by atoms with Crippen molar-refractivity contribution in [3.63, 3.8) is 0 Å². The normalized spacial score (nSPS) is 15.1. The first kappa shape index (κ1) is 29.1. The van der Waals surface area contributed by atoms with Gasteiger partial charge in [-0.3, -0.25) is 0 Å². The van der Waals surface area contributed by atoms with E-state index >= 15 is 0 Å². The van der Waals surface area contributed by atoms with Gasteiger partial charge in [0.15, 0.2) is 8.32 Å². The third-order valence-corrected chi connectivity index (χ3v) is 10.3. The number of aliphatic hydroxyl groups excluding tert-OH is 1. The number of rotatable bonds is 16. The fourth-order valence-electron chi connectivity index (χ4n) is 2.84. The molecule has 0 bridgehead atoms. The summed E-state index contributed by atoms with van der Waals surface area (Å²) in [6.45, 7) is 15.2. The molecule has 0 aromatic carbocycles. The predicted molar refractivity (Wildman–Crippen MR) is 130 cm³/mol. The molecule has 4 nitrogen and oxygen atoms in total. The van der Waals surface area contributed by atoms with E-state index < -0.39 is 26.5 Å². The van der Waals surface area contributed by atoms with Gasteiger partial charge < -0.3 is 14.3 Å². The monoisotopic (exact) mass is 440 g/mol. The molecule has 176 valence electrons. The van der Waals surface area contributed by atoms with Crippen molar-refractivity contribution in [2.24, 2.45) is 0 Å². The van der Waals surface area contributed by atoms with Crippen molar-refractivity contribution >= 4 is 14.3 Å². The Balaban J connectivity index is 4.73. The van der Waals surface area contributed by atoms with Gasteiger partial charge in [0.25, 0.3) is 0 Å². The summed E-state index contributed by atoms with van der Waals surface area (Å²) in [6, 6.07) is 0. The van der Waals surface area contributed by atoms with Crippen LogP contribution in [0.2, 0.25) is 18.1 Å². The lowest BCUT2D eigenvalue weighted by molar-refractivity contribution is -0.137. The molecule has 0 unspecified atom stereocenters. The lowest BCUT2D eigenvalue weighted by Crippen LogP contribution is -2.46. The zero-order chi connectivity index (χ0) is 23.0. The Hall–Kier alpha value is -0.913. The van der Waals surface area contributed by atoms with Crippen LogP contribution in [0.3, 0.4) is 0 Å². The van der Waals surface area contributed by atoms with Crippen LogP contribution in [0.25, 0.3) is 0 Å². The van der Waals surface area contributed by atoms with Gasteiger partial charge in [-0.2, -0.15) is 0 Å². The lowest BCUT2D eigenvalue weighted by Gasteiger charge is -2.39. The van der Waals surface area contributed by atoms with Gasteiger partial charge >= 0.3 is 5.97 Å². The first-order chi connectivity index (χ1) is 14.0. The molecule has 0 amide bonds. The molecule has 0 saturated carbocycles. The minimum Gasteiger partial charge on any atom is -0.463 e. The SMILES string of the molecule is CCCCCCCCCC/C=C/[C@H](O[Si](C)(C)C(C)(C)C)[C@@H](O)/C=C/C(=O)OCC. The summed E-state index contributed by atoms with van der Waals surface area (Å²) in [5, 5.41) is 10.7. The van der Waals surface area contributed by atoms with Gasteiger partial charge in [-0.25, -0.2) is 4.79 Å². The van der Waals surface area contributed by atoms with E-state index in [-0.39, 0.29) is 5.04 Å². The highest BCUT2D eigenvalue weighted by Gasteiger charge is 2.39. The van der Waals surface area contributed by atoms with Crippen molar-refractivity contribution < 1.29 is 19.1 Å². The molecule has 0 heterocycles. The molecule has 5 heteroatoms. The number of unbranched alkanes of at least 4 members (excludes halogenated alkanes) is 8. The zero-order valence-electron chi connectivity index (χ0n) is 20.7. The third kappa shape index (κ3) is 13.4. The molecule has 0 aromatic rings. The standard InChI is InChI=1S/C25H48O4Si/c1-8-10-11-12-13-14-15-16-17-18-19-23(29-30(6,7)25(3,4)5)22(26)20-21-24(27)28-9-2/h18-23,26H,8-17H2,1-7H3/b19-18+,21-20+/t22-,23-/m0/s1. The molecule has 0 aliphatic rings. The summed E-state index contributed by atoms with van der Waals surface area (Å²) < 4.78 is 11.3. The Morgan fingerprint density at radius 2 is 1.53 bits per heavy atom. The highest BCUT2D eigenvalue weighted by molar-refractivity contribution is 6.74. The average molecular weight is 441 g/mol. The van der Waals surface area contributed by atoms with E-state index in [0.29, 0.717) is 6.61 Å². The van der Waals surface area contributed by atoms with Crippen LogP contribution in [0.5, 0.6) is 0 Å². The summed E-state index contributed by atoms with van der Waals surface area (Å²) in [5.41, 5.74) is 0. The van der Waals surface area contributed by atoms with Crippen LogP contribution < -0.4 is 0 Å². The second-order valence-corrected chi connectivity index (χ2v) is 14.4. The highest BCUT2D eigenvalue weighted by Crippen LogP contribution is 2.37. The minimum absolute atomic E-state index is 0.0431. The van der Waals surface area contributed by atoms with Crippen molar-refractivity contribution in [3.8, 4) is 0 Å². The quantitative estimate of drug-likeness (QED) is 0.0928. The van der Waals surface area contributed by atoms with Gasteiger partial charge in [0, 0.05) is 6.08 Å². The number of hydrogen-bond acceptors (Lipinski definition) is 4. The van der Waals surface area contributed by atoms with E-state index in [9.17, 15) is 9.90 Å². The topological polar surface area (TPSA) is 55.8 Å². The molecule has 1 N–H and O–H groups in total. The fraction of sp³-hybridized carbons (Fsp3) is 0.800. The van der Waals surface area contributed by atoms with Crippen LogP contribution in [0.1, 0.15) is 92.4 Å². The molecule has 0 saturated heterocycles. The number of ether oxygens (including phenoxy) is 1. The number of hydrogen-bond donors (Lipinski definition) is 1. The van der Waals surface area contributed by atoms with Crippen LogP contribution in [0.4, 0.5) is 0 Å². The van der Waals surface area contributed by atoms with E-state index in [0.717, 1.165) is 12.8 Å². The molecular formula is C25H48O4Si. The molecule has 30 heavy (non-hydrogen) atoms. The smallest absolute Gasteiger partial charge is 0.330 e. The van der Waals surface area contributed by atoms with Gasteiger partial charge in [0.1, 0.15) is 6.10 Å². The van der Waals surface area contributed by atoms with Gasteiger partial charge in [-0.1, -0.05) is 84.8 Å². The number of carbonyl (C=O) groups is 1. The Kier molecular flexibility index (Phi) is 15.3. The summed E-state index contributed by atoms with van der Waals surface area (Å²) in [4.78, 5) is 11.6. The van der Waals surface area contributed by atoms with E-state index in [1.165, 1.54) is 57.1 Å². The second-order valence-electron chi connectivity index (χ2n) is 9.64. The van der Waals surface area contributed by atoms with E-state index in [2.05, 4.69) is 46.9 Å². The maximum atomic E-state index is 11.6. The van der Waals surface area contributed by atoms with Crippen molar-refractivity contribution in [3.05, 3.63) is 24.3 Å². The van der Waals surface area contributed by atoms with Crippen LogP contribution in [-0.4, -0.2) is 38.2 Å². The Morgan fingerprint density at radius 1 is 0.967 bits per heavy atom. The summed E-state index contributed by atoms with van der Waals surface area (Å²) in [6.07, 6.45) is 16.9. The number of carbonyl (C=O) groups excluding carboxylic acids is 1. The largest absolute Gasteiger partial charge is 0.463 e. The van der Waals surface area contributed by atoms with E-state index in [1.807, 2.05) is 6.08 Å². The minimum atomic E-state index is -2.06. The van der Waals surface area contributed by atoms with Gasteiger partial charge in [0.2, 0.25) is 0 Å². The molecule has 0 aliphatic heterocycles. The maximum Gasteiger partial charge on any atom is 0.330 e. The Labute approximate surface area is 187 Å². The third-order valence-electron chi connectivity index (χ3n) is 5.84. The molecule has 0 radical (unpaired) electrons. The van der Waals surface area contributed by atoms with Crippen molar-refractivity contribution in [2.75, 3.05) is 6.61 Å². The van der Waals surface area contributed by atoms with E-state index in [4.69, 9.17) is 9.16 Å². The molecule has 0 aliphatic carbocycles. The van der Waals surface area contributed by atoms with Crippen LogP contribution in [-0.2, 0) is 14.0 Å². The van der Waals surface area contributed by atoms with Crippen LogP contribution in [0.15, 0.2) is 24.3 Å². The second kappa shape index (κ2) is 15.8. The maximum absolute atomic E-state index is 11.6. The fourth-order valence-corrected chi connectivity index (χ4v) is 4.10. The van der Waals surface area contributed by atoms with Crippen molar-refractivity contribution in [1.29, 1.82) is 0 Å². The lowest BCUT2D eigenvalue weighted by atomic mass is 10.1. The first-order valence-electron chi connectivity index (χ1n) is 11.9.